The van der Waals surface area contributed by atoms with E-state index in [-0.39, 0.29) is 47.6 Å². The first kappa shape index (κ1) is 105. The first-order chi connectivity index (χ1) is 70.5. The van der Waals surface area contributed by atoms with Crippen molar-refractivity contribution < 1.29 is 74.2 Å². The van der Waals surface area contributed by atoms with Crippen LogP contribution in [0.4, 0.5) is 41.6 Å². The Kier molecular flexibility index (Phi) is 33.2. The predicted octanol–water partition coefficient (Wildman–Crippen LogP) is 19.5. The molecule has 0 spiro atoms. The van der Waals surface area contributed by atoms with E-state index in [1.807, 2.05) is 134 Å². The Balaban J connectivity index is 0.000000126. The first-order valence-electron chi connectivity index (χ1n) is 48.5. The average molecular weight is 2110 g/mol. The summed E-state index contributed by atoms with van der Waals surface area (Å²) < 4.78 is 190. The number of hydrogen-bond donors (Lipinski definition) is 5. The molecule has 21 rings (SSSR count). The lowest BCUT2D eigenvalue weighted by Gasteiger charge is -2.31. The molecule has 29 nitrogen and oxygen atoms in total. The molecular formula is C109H117ClF3N15O14S5. The van der Waals surface area contributed by atoms with Crippen LogP contribution in [-0.4, -0.2) is 243 Å². The summed E-state index contributed by atoms with van der Waals surface area (Å²) >= 11 is 6.18. The number of anilines is 5. The fourth-order valence-corrected chi connectivity index (χ4v) is 24.0. The van der Waals surface area contributed by atoms with E-state index in [1.165, 1.54) is 82.7 Å². The topological polar surface area (TPSA) is 348 Å². The number of hydrogen-bond acceptors (Lipinski definition) is 24. The molecular weight excluding hydrogens is 2000 g/mol. The van der Waals surface area contributed by atoms with Crippen LogP contribution in [0, 0.1) is 17.5 Å². The molecule has 0 atom stereocenters. The highest BCUT2D eigenvalue weighted by Crippen LogP contribution is 2.43. The summed E-state index contributed by atoms with van der Waals surface area (Å²) in [5.74, 6) is 1.17. The lowest BCUT2D eigenvalue weighted by molar-refractivity contribution is 0.171. The molecule has 5 aromatic heterocycles. The van der Waals surface area contributed by atoms with Gasteiger partial charge in [0.1, 0.15) is 30.6 Å². The summed E-state index contributed by atoms with van der Waals surface area (Å²) in [7, 11) is -12.8. The van der Waals surface area contributed by atoms with Gasteiger partial charge in [0.15, 0.2) is 23.1 Å². The van der Waals surface area contributed by atoms with Crippen LogP contribution in [0.1, 0.15) is 64.2 Å². The number of pyridine rings is 5. The van der Waals surface area contributed by atoms with Crippen molar-refractivity contribution in [2.45, 2.75) is 94.4 Å². The van der Waals surface area contributed by atoms with E-state index in [4.69, 9.17) is 30.5 Å². The minimum Gasteiger partial charge on any atom is -0.497 e. The maximum Gasteiger partial charge on any atom is 0.211 e. The molecule has 6 aliphatic heterocycles. The second kappa shape index (κ2) is 46.2. The van der Waals surface area contributed by atoms with Crippen molar-refractivity contribution >= 4 is 144 Å². The number of halogens is 4. The Labute approximate surface area is 860 Å². The normalized spacial score (nSPS) is 16.5. The summed E-state index contributed by atoms with van der Waals surface area (Å²) in [6.45, 7) is 6.26. The van der Waals surface area contributed by atoms with Crippen molar-refractivity contribution in [3.05, 3.63) is 279 Å². The average Bonchev–Trinajstić information content (AvgIpc) is 0.797. The predicted molar refractivity (Wildman–Crippen MR) is 580 cm³/mol. The summed E-state index contributed by atoms with van der Waals surface area (Å²) in [6.07, 6.45) is 31.6. The fourth-order valence-electron chi connectivity index (χ4n) is 19.5. The largest absolute Gasteiger partial charge is 0.497 e. The van der Waals surface area contributed by atoms with Gasteiger partial charge in [-0.25, -0.2) is 76.8 Å². The lowest BCUT2D eigenvalue weighted by atomic mass is 9.98. The van der Waals surface area contributed by atoms with Crippen molar-refractivity contribution in [3.63, 3.8) is 0 Å². The van der Waals surface area contributed by atoms with Crippen LogP contribution >= 0.6 is 11.6 Å². The van der Waals surface area contributed by atoms with Gasteiger partial charge in [0.25, 0.3) is 0 Å². The van der Waals surface area contributed by atoms with Crippen LogP contribution in [0.25, 0.3) is 109 Å². The lowest BCUT2D eigenvalue weighted by Crippen LogP contribution is -2.41. The zero-order valence-electron chi connectivity index (χ0n) is 82.4. The van der Waals surface area contributed by atoms with E-state index in [2.05, 4.69) is 75.8 Å². The van der Waals surface area contributed by atoms with E-state index in [0.717, 1.165) is 182 Å². The van der Waals surface area contributed by atoms with Crippen LogP contribution in [0.15, 0.2) is 256 Å². The van der Waals surface area contributed by atoms with Crippen molar-refractivity contribution in [3.8, 4) is 78.6 Å². The van der Waals surface area contributed by atoms with Gasteiger partial charge in [-0.1, -0.05) is 54.1 Å². The van der Waals surface area contributed by atoms with Crippen molar-refractivity contribution in [2.75, 3.05) is 151 Å². The third kappa shape index (κ3) is 26.8. The molecule has 38 heteroatoms. The number of benzene rings is 10. The number of fused-ring (bicyclic) bond motifs is 6. The zero-order valence-corrected chi connectivity index (χ0v) is 87.3. The smallest absolute Gasteiger partial charge is 0.211 e. The van der Waals surface area contributed by atoms with Crippen molar-refractivity contribution in [2.24, 2.45) is 0 Å². The highest BCUT2D eigenvalue weighted by Gasteiger charge is 2.33. The zero-order chi connectivity index (χ0) is 103. The monoisotopic (exact) mass is 2110 g/mol. The Bertz CT molecular complexity index is 7760. The maximum atomic E-state index is 14.9. The second-order valence-electron chi connectivity index (χ2n) is 37.6. The van der Waals surface area contributed by atoms with Crippen LogP contribution in [0.3, 0.4) is 0 Å². The van der Waals surface area contributed by atoms with E-state index >= 15 is 0 Å². The standard InChI is InChI=1S/C23H25N3O4S.2C22H24FN3O3S.C21H22ClN3O2S.C21H22FN3O2S/c1-31(27,28)26-8-5-19(6-9-26)25-21-13-18(12-17-4-7-24-15-20(17)21)16-2-3-22-23(14-16)30-11-10-29-22;1-29-20-11-17(10-18(23)13-20)16-9-15-3-6-24-14-21(15)22(12-16)25-19-4-7-26(8-5-19)30(2,27)28;1-29-21-5-3-4-18(22(21)23)16-12-15-6-9-24-14-19(15)20(13-16)25-17-7-10-26(11-8-17)30(2,27)28;2*1-28(26,27)25-9-6-19(7-10-25)24-21-13-17(15-3-2-4-18(22)12-15)11-16-5-8-23-14-20(16)21/h2-4,7,12-15,19,25H,5-6,8-11H2,1H3;3,6,9-14,19,25H,4-5,7-8H2,1-2H3;3-6,9,12-14,17,25H,7-8,10-11H2,1-2H3;2*2-5,8,11-14,19,24H,6-7,9-10H2,1H3. The second-order valence-corrected chi connectivity index (χ2v) is 47.9. The number of ether oxygens (including phenoxy) is 4. The van der Waals surface area contributed by atoms with Gasteiger partial charge >= 0.3 is 0 Å². The molecule has 147 heavy (non-hydrogen) atoms. The number of rotatable bonds is 22. The Morgan fingerprint density at radius 3 is 0.939 bits per heavy atom. The van der Waals surface area contributed by atoms with Crippen LogP contribution < -0.4 is 45.5 Å². The van der Waals surface area contributed by atoms with E-state index in [1.54, 1.807) is 82.3 Å². The van der Waals surface area contributed by atoms with E-state index in [0.29, 0.717) is 121 Å². The number of aromatic nitrogens is 5. The summed E-state index contributed by atoms with van der Waals surface area (Å²) in [4.78, 5) is 21.3. The molecule has 0 aliphatic carbocycles. The first-order valence-corrected chi connectivity index (χ1v) is 58.2. The maximum absolute atomic E-state index is 14.9. The number of piperidine rings is 5. The molecule has 11 heterocycles. The highest BCUT2D eigenvalue weighted by molar-refractivity contribution is 7.89. The minimum absolute atomic E-state index is 0.122. The molecule has 5 saturated heterocycles. The fraction of sp³-hybridized carbons (Fsp3) is 0.312. The van der Waals surface area contributed by atoms with Gasteiger partial charge in [-0.3, -0.25) is 24.9 Å². The summed E-state index contributed by atoms with van der Waals surface area (Å²) in [6, 6.07) is 61.2. The quantitative estimate of drug-likeness (QED) is 0.0421. The molecule has 6 aliphatic rings. The van der Waals surface area contributed by atoms with Crippen LogP contribution in [-0.2, 0) is 50.1 Å². The Morgan fingerprint density at radius 2 is 0.605 bits per heavy atom. The molecule has 5 fully saturated rings. The Hall–Kier alpha value is -12.9. The molecule has 10 aromatic carbocycles. The number of methoxy groups -OCH3 is 2. The van der Waals surface area contributed by atoms with Crippen molar-refractivity contribution in [1.29, 1.82) is 0 Å². The molecule has 0 radical (unpaired) electrons. The van der Waals surface area contributed by atoms with E-state index < -0.39 is 55.9 Å². The van der Waals surface area contributed by atoms with E-state index in [9.17, 15) is 55.3 Å². The van der Waals surface area contributed by atoms with Gasteiger partial charge in [-0.2, -0.15) is 0 Å². The molecule has 0 saturated carbocycles. The van der Waals surface area contributed by atoms with Gasteiger partial charge in [-0.05, 0) is 287 Å². The number of sulfonamides is 5. The highest BCUT2D eigenvalue weighted by atomic mass is 35.5. The SMILES string of the molecule is COc1cc(F)cc(-c2cc(NC3CCN(S(C)(=O)=O)CC3)c3cnccc3c2)c1.COc1cccc(-c2cc(NC3CCN(S(C)(=O)=O)CC3)c3cnccc3c2)c1F.CS(=O)(=O)N1CCC(Nc2cc(-c3ccc4c(c3)OCCO4)cc3ccncc23)CC1.CS(=O)(=O)N1CCC(Nc2cc(-c3cccc(Cl)c3)cc3ccncc23)CC1.CS(=O)(=O)N1CCC(Nc2cc(-c3cccc(F)c3)cc3ccncc23)CC1. The molecule has 0 bridgehead atoms. The molecule has 0 unspecified atom stereocenters. The van der Waals surface area contributed by atoms with Gasteiger partial charge in [0.2, 0.25) is 50.1 Å². The minimum atomic E-state index is -3.17. The summed E-state index contributed by atoms with van der Waals surface area (Å²) in [5, 5.41) is 28.8. The van der Waals surface area contributed by atoms with Crippen LogP contribution in [0.5, 0.6) is 23.0 Å². The molecule has 15 aromatic rings. The van der Waals surface area contributed by atoms with Gasteiger partial charge in [0, 0.05) is 230 Å². The molecule has 5 N–H and O–H groups in total. The van der Waals surface area contributed by atoms with Crippen molar-refractivity contribution in [1.82, 2.24) is 46.4 Å². The molecule has 770 valence electrons. The van der Waals surface area contributed by atoms with Gasteiger partial charge < -0.3 is 45.5 Å². The van der Waals surface area contributed by atoms with Crippen LogP contribution in [0.2, 0.25) is 5.02 Å². The Morgan fingerprint density at radius 1 is 0.306 bits per heavy atom. The molecule has 0 amide bonds. The van der Waals surface area contributed by atoms with Gasteiger partial charge in [-0.15, -0.1) is 0 Å². The number of nitrogens with one attached hydrogen (secondary N) is 5. The summed E-state index contributed by atoms with van der Waals surface area (Å²) in [5.41, 5.74) is 13.5. The third-order valence-corrected chi connectivity index (χ3v) is 34.1. The third-order valence-electron chi connectivity index (χ3n) is 27.3. The number of nitrogens with zero attached hydrogens (tertiary/aromatic N) is 10. The van der Waals surface area contributed by atoms with Gasteiger partial charge in [0.05, 0.1) is 45.5 Å².